The van der Waals surface area contributed by atoms with Crippen molar-refractivity contribution < 1.29 is 9.59 Å². The molecule has 2 N–H and O–H groups in total. The molecule has 0 unspecified atom stereocenters. The third kappa shape index (κ3) is 0.813. The van der Waals surface area contributed by atoms with E-state index in [-0.39, 0.29) is 18.2 Å². The molecule has 2 amide bonds. The lowest BCUT2D eigenvalue weighted by Crippen LogP contribution is -2.36. The molecule has 56 valence electrons. The Bertz CT molecular complexity index is 328. The maximum absolute atomic E-state index is 11.0. The highest BCUT2D eigenvalue weighted by Gasteiger charge is 2.23. The van der Waals surface area contributed by atoms with Crippen molar-refractivity contribution in [3.05, 3.63) is 17.5 Å². The van der Waals surface area contributed by atoms with Crippen molar-refractivity contribution in [1.82, 2.24) is 15.5 Å². The lowest BCUT2D eigenvalue weighted by atomic mass is 10.1. The van der Waals surface area contributed by atoms with E-state index in [1.165, 1.54) is 6.20 Å². The molecule has 5 heteroatoms. The van der Waals surface area contributed by atoms with Gasteiger partial charge in [-0.3, -0.25) is 20.0 Å². The molecular weight excluding hydrogens is 146 g/mol. The van der Waals surface area contributed by atoms with Gasteiger partial charge in [-0.25, -0.2) is 0 Å². The van der Waals surface area contributed by atoms with Crippen LogP contribution in [0.15, 0.2) is 6.20 Å². The summed E-state index contributed by atoms with van der Waals surface area (Å²) in [6.45, 7) is 0. The smallest absolute Gasteiger partial charge is 0.261 e. The van der Waals surface area contributed by atoms with E-state index in [4.69, 9.17) is 0 Å². The van der Waals surface area contributed by atoms with Gasteiger partial charge in [0.1, 0.15) is 0 Å². The van der Waals surface area contributed by atoms with Crippen LogP contribution in [0, 0.1) is 0 Å². The van der Waals surface area contributed by atoms with Gasteiger partial charge in [0.15, 0.2) is 0 Å². The number of H-pyrrole nitrogens is 1. The number of amides is 2. The first-order chi connectivity index (χ1) is 5.27. The molecule has 0 spiro atoms. The molecule has 11 heavy (non-hydrogen) atoms. The maximum atomic E-state index is 11.0. The molecular formula is C6H5N3O2. The summed E-state index contributed by atoms with van der Waals surface area (Å²) in [5.74, 6) is -0.656. The van der Waals surface area contributed by atoms with E-state index < -0.39 is 0 Å². The third-order valence-electron chi connectivity index (χ3n) is 1.55. The molecule has 1 aromatic heterocycles. The Kier molecular flexibility index (Phi) is 1.06. The summed E-state index contributed by atoms with van der Waals surface area (Å²) in [6.07, 6.45) is 1.62. The van der Waals surface area contributed by atoms with Crippen molar-refractivity contribution in [2.24, 2.45) is 0 Å². The van der Waals surface area contributed by atoms with Gasteiger partial charge in [0.2, 0.25) is 5.91 Å². The van der Waals surface area contributed by atoms with Crippen molar-refractivity contribution >= 4 is 11.8 Å². The summed E-state index contributed by atoms with van der Waals surface area (Å²) in [5.41, 5.74) is 1.06. The third-order valence-corrected chi connectivity index (χ3v) is 1.55. The van der Waals surface area contributed by atoms with Crippen LogP contribution in [0.3, 0.4) is 0 Å². The van der Waals surface area contributed by atoms with Crippen molar-refractivity contribution in [2.45, 2.75) is 6.42 Å². The minimum absolute atomic E-state index is 0.209. The normalized spacial score (nSPS) is 16.0. The molecule has 5 nitrogen and oxygen atoms in total. The molecule has 0 saturated carbocycles. The highest BCUT2D eigenvalue weighted by atomic mass is 16.2. The first kappa shape index (κ1) is 6.09. The van der Waals surface area contributed by atoms with E-state index in [9.17, 15) is 9.59 Å². The van der Waals surface area contributed by atoms with Crippen molar-refractivity contribution in [3.63, 3.8) is 0 Å². The Balaban J connectivity index is 2.52. The lowest BCUT2D eigenvalue weighted by molar-refractivity contribution is -0.119. The van der Waals surface area contributed by atoms with Gasteiger partial charge in [-0.2, -0.15) is 5.10 Å². The number of fused-ring (bicyclic) bond motifs is 1. The van der Waals surface area contributed by atoms with Crippen molar-refractivity contribution in [2.75, 3.05) is 0 Å². The number of nitrogens with one attached hydrogen (secondary N) is 2. The molecule has 0 atom stereocenters. The first-order valence-electron chi connectivity index (χ1n) is 3.14. The van der Waals surface area contributed by atoms with E-state index in [0.29, 0.717) is 11.3 Å². The van der Waals surface area contributed by atoms with Crippen LogP contribution in [0.2, 0.25) is 0 Å². The number of rotatable bonds is 0. The molecule has 1 aliphatic heterocycles. The molecule has 1 aromatic rings. The van der Waals surface area contributed by atoms with E-state index in [2.05, 4.69) is 15.5 Å². The van der Waals surface area contributed by atoms with Gasteiger partial charge in [0, 0.05) is 0 Å². The molecule has 0 fully saturated rings. The van der Waals surface area contributed by atoms with Gasteiger partial charge in [0.05, 0.1) is 23.9 Å². The Morgan fingerprint density at radius 3 is 3.09 bits per heavy atom. The zero-order chi connectivity index (χ0) is 7.84. The first-order valence-corrected chi connectivity index (χ1v) is 3.14. The SMILES string of the molecule is O=C1Cc2[nH]ncc2C(=O)N1. The minimum Gasteiger partial charge on any atom is -0.292 e. The fraction of sp³-hybridized carbons (Fsp3) is 0.167. The van der Waals surface area contributed by atoms with Crippen LogP contribution < -0.4 is 5.32 Å². The average molecular weight is 151 g/mol. The van der Waals surface area contributed by atoms with Gasteiger partial charge in [-0.15, -0.1) is 0 Å². The summed E-state index contributed by atoms with van der Waals surface area (Å²) >= 11 is 0. The molecule has 0 aromatic carbocycles. The summed E-state index contributed by atoms with van der Waals surface area (Å²) in [6, 6.07) is 0. The number of hydrogen-bond acceptors (Lipinski definition) is 3. The topological polar surface area (TPSA) is 74.8 Å². The van der Waals surface area contributed by atoms with Crippen molar-refractivity contribution in [3.8, 4) is 0 Å². The average Bonchev–Trinajstić information content (AvgIpc) is 2.34. The number of hydrogen-bond donors (Lipinski definition) is 2. The van der Waals surface area contributed by atoms with Gasteiger partial charge >= 0.3 is 0 Å². The number of carbonyl (C=O) groups is 2. The number of aromatic nitrogens is 2. The Morgan fingerprint density at radius 1 is 1.45 bits per heavy atom. The zero-order valence-electron chi connectivity index (χ0n) is 5.55. The van der Waals surface area contributed by atoms with Crippen LogP contribution in [0.1, 0.15) is 16.1 Å². The largest absolute Gasteiger partial charge is 0.292 e. The second-order valence-electron chi connectivity index (χ2n) is 2.32. The summed E-state index contributed by atoms with van der Waals surface area (Å²) in [5, 5.41) is 8.42. The zero-order valence-corrected chi connectivity index (χ0v) is 5.55. The van der Waals surface area contributed by atoms with Crippen molar-refractivity contribution in [1.29, 1.82) is 0 Å². The second kappa shape index (κ2) is 1.91. The molecule has 2 rings (SSSR count). The van der Waals surface area contributed by atoms with Crippen LogP contribution in [-0.2, 0) is 11.2 Å². The Morgan fingerprint density at radius 2 is 2.27 bits per heavy atom. The molecule has 0 saturated heterocycles. The highest BCUT2D eigenvalue weighted by Crippen LogP contribution is 2.09. The monoisotopic (exact) mass is 151 g/mol. The van der Waals surface area contributed by atoms with Crippen LogP contribution >= 0.6 is 0 Å². The molecule has 2 heterocycles. The van der Waals surface area contributed by atoms with Crippen LogP contribution in [0.25, 0.3) is 0 Å². The lowest BCUT2D eigenvalue weighted by Gasteiger charge is -2.08. The van der Waals surface area contributed by atoms with E-state index in [0.717, 1.165) is 0 Å². The minimum atomic E-state index is -0.370. The standard InChI is InChI=1S/C6H5N3O2/c10-5-1-4-3(2-7-9-4)6(11)8-5/h2H,1H2,(H,7,9)(H,8,10,11). The van der Waals surface area contributed by atoms with Gasteiger partial charge in [-0.1, -0.05) is 0 Å². The molecule has 0 bridgehead atoms. The summed E-state index contributed by atoms with van der Waals surface area (Å²) in [4.78, 5) is 21.7. The van der Waals surface area contributed by atoms with E-state index in [1.807, 2.05) is 0 Å². The van der Waals surface area contributed by atoms with Crippen LogP contribution in [0.4, 0.5) is 0 Å². The fourth-order valence-corrected chi connectivity index (χ4v) is 1.04. The van der Waals surface area contributed by atoms with Gasteiger partial charge < -0.3 is 0 Å². The Hall–Kier alpha value is -1.65. The fourth-order valence-electron chi connectivity index (χ4n) is 1.04. The predicted molar refractivity (Wildman–Crippen MR) is 34.8 cm³/mol. The van der Waals surface area contributed by atoms with Gasteiger partial charge in [0.25, 0.3) is 5.91 Å². The van der Waals surface area contributed by atoms with Crippen LogP contribution in [-0.4, -0.2) is 22.0 Å². The molecule has 0 aliphatic carbocycles. The Labute approximate surface area is 61.8 Å². The summed E-state index contributed by atoms with van der Waals surface area (Å²) < 4.78 is 0. The predicted octanol–water partition coefficient (Wildman–Crippen LogP) is -0.778. The summed E-state index contributed by atoms with van der Waals surface area (Å²) in [7, 11) is 0. The second-order valence-corrected chi connectivity index (χ2v) is 2.32. The quantitative estimate of drug-likeness (QED) is 0.478. The van der Waals surface area contributed by atoms with E-state index in [1.54, 1.807) is 0 Å². The number of nitrogens with zero attached hydrogens (tertiary/aromatic N) is 1. The maximum Gasteiger partial charge on any atom is 0.261 e. The molecule has 0 radical (unpaired) electrons. The molecule has 1 aliphatic rings. The number of imide groups is 1. The number of carbonyl (C=O) groups excluding carboxylic acids is 2. The van der Waals surface area contributed by atoms with Gasteiger partial charge in [-0.05, 0) is 0 Å². The highest BCUT2D eigenvalue weighted by molar-refractivity contribution is 6.09. The van der Waals surface area contributed by atoms with E-state index >= 15 is 0 Å². The number of aromatic amines is 1. The van der Waals surface area contributed by atoms with Crippen LogP contribution in [0.5, 0.6) is 0 Å².